The van der Waals surface area contributed by atoms with E-state index in [1.165, 1.54) is 27.9 Å². The van der Waals surface area contributed by atoms with Gasteiger partial charge in [-0.3, -0.25) is 0 Å². The minimum Gasteiger partial charge on any atom is -0.487 e. The predicted molar refractivity (Wildman–Crippen MR) is 88.1 cm³/mol. The highest BCUT2D eigenvalue weighted by atomic mass is 16.5. The van der Waals surface area contributed by atoms with Crippen molar-refractivity contribution in [1.29, 1.82) is 0 Å². The van der Waals surface area contributed by atoms with Crippen molar-refractivity contribution in [3.05, 3.63) is 58.7 Å². The lowest BCUT2D eigenvalue weighted by molar-refractivity contribution is 0.137. The largest absolute Gasteiger partial charge is 0.487 e. The fourth-order valence-corrected chi connectivity index (χ4v) is 3.09. The quantitative estimate of drug-likeness (QED) is 0.885. The van der Waals surface area contributed by atoms with Gasteiger partial charge in [0.25, 0.3) is 0 Å². The summed E-state index contributed by atoms with van der Waals surface area (Å²) in [4.78, 5) is 0. The molecule has 1 N–H and O–H groups in total. The maximum absolute atomic E-state index is 6.12. The Balaban J connectivity index is 1.79. The number of benzene rings is 2. The zero-order valence-corrected chi connectivity index (χ0v) is 13.3. The molecule has 0 atom stereocenters. The van der Waals surface area contributed by atoms with E-state index < -0.39 is 0 Å². The van der Waals surface area contributed by atoms with Crippen LogP contribution in [0.15, 0.2) is 36.4 Å². The van der Waals surface area contributed by atoms with E-state index in [9.17, 15) is 0 Å². The molecule has 1 heterocycles. The number of aryl methyl sites for hydroxylation is 2. The third kappa shape index (κ3) is 3.05. The molecule has 0 aliphatic carbocycles. The van der Waals surface area contributed by atoms with E-state index in [1.807, 2.05) is 0 Å². The number of ether oxygens (including phenoxy) is 1. The van der Waals surface area contributed by atoms with Crippen molar-refractivity contribution >= 4 is 5.69 Å². The first-order valence-corrected chi connectivity index (χ1v) is 7.55. The fraction of sp³-hybridized carbons (Fsp3) is 0.368. The molecule has 0 amide bonds. The van der Waals surface area contributed by atoms with Crippen LogP contribution in [0.1, 0.15) is 36.1 Å². The summed E-state index contributed by atoms with van der Waals surface area (Å²) < 4.78 is 6.12. The van der Waals surface area contributed by atoms with Crippen LogP contribution in [-0.4, -0.2) is 5.60 Å². The van der Waals surface area contributed by atoms with Gasteiger partial charge < -0.3 is 10.1 Å². The van der Waals surface area contributed by atoms with Crippen LogP contribution in [0, 0.1) is 13.8 Å². The second-order valence-corrected chi connectivity index (χ2v) is 6.67. The van der Waals surface area contributed by atoms with Crippen molar-refractivity contribution in [2.45, 2.75) is 46.3 Å². The topological polar surface area (TPSA) is 21.3 Å². The smallest absolute Gasteiger partial charge is 0.128 e. The van der Waals surface area contributed by atoms with Gasteiger partial charge in [-0.05, 0) is 56.5 Å². The Morgan fingerprint density at radius 2 is 1.81 bits per heavy atom. The van der Waals surface area contributed by atoms with Crippen molar-refractivity contribution in [3.63, 3.8) is 0 Å². The first-order valence-electron chi connectivity index (χ1n) is 7.55. The molecule has 0 unspecified atom stereocenters. The predicted octanol–water partition coefficient (Wildman–Crippen LogP) is 4.63. The summed E-state index contributed by atoms with van der Waals surface area (Å²) in [5, 5.41) is 3.52. The van der Waals surface area contributed by atoms with Crippen LogP contribution in [0.2, 0.25) is 0 Å². The van der Waals surface area contributed by atoms with E-state index in [4.69, 9.17) is 4.74 Å². The molecule has 0 spiro atoms. The number of hydrogen-bond acceptors (Lipinski definition) is 2. The van der Waals surface area contributed by atoms with E-state index in [-0.39, 0.29) is 5.60 Å². The molecule has 0 aromatic heterocycles. The molecule has 1 aliphatic heterocycles. The van der Waals surface area contributed by atoms with Crippen LogP contribution in [0.5, 0.6) is 5.75 Å². The number of para-hydroxylation sites is 1. The Hall–Kier alpha value is -1.96. The third-order valence-corrected chi connectivity index (χ3v) is 3.88. The summed E-state index contributed by atoms with van der Waals surface area (Å²) in [5.41, 5.74) is 6.21. The number of nitrogens with one attached hydrogen (secondary N) is 1. The number of rotatable bonds is 3. The standard InChI is InChI=1S/C19H23NO/c1-13-8-14(2)10-17(9-13)20-12-16-7-5-6-15-11-19(3,4)21-18(15)16/h5-10,20H,11-12H2,1-4H3. The Labute approximate surface area is 127 Å². The van der Waals surface area contributed by atoms with Gasteiger partial charge in [0.15, 0.2) is 0 Å². The lowest BCUT2D eigenvalue weighted by Crippen LogP contribution is -2.25. The van der Waals surface area contributed by atoms with Gasteiger partial charge in [0, 0.05) is 24.2 Å². The molecule has 0 bridgehead atoms. The van der Waals surface area contributed by atoms with Gasteiger partial charge in [-0.15, -0.1) is 0 Å². The van der Waals surface area contributed by atoms with Gasteiger partial charge in [-0.2, -0.15) is 0 Å². The van der Waals surface area contributed by atoms with E-state index in [1.54, 1.807) is 0 Å². The van der Waals surface area contributed by atoms with Crippen LogP contribution < -0.4 is 10.1 Å². The molecule has 2 aromatic carbocycles. The molecule has 0 fully saturated rings. The molecule has 2 aromatic rings. The van der Waals surface area contributed by atoms with Gasteiger partial charge in [0.2, 0.25) is 0 Å². The first kappa shape index (κ1) is 14.0. The van der Waals surface area contributed by atoms with Crippen molar-refractivity contribution in [1.82, 2.24) is 0 Å². The lowest BCUT2D eigenvalue weighted by atomic mass is 10.0. The van der Waals surface area contributed by atoms with Crippen LogP contribution in [0.4, 0.5) is 5.69 Å². The van der Waals surface area contributed by atoms with Gasteiger partial charge in [-0.25, -0.2) is 0 Å². The van der Waals surface area contributed by atoms with Crippen LogP contribution >= 0.6 is 0 Å². The molecule has 0 saturated carbocycles. The molecule has 0 radical (unpaired) electrons. The molecule has 3 rings (SSSR count). The highest BCUT2D eigenvalue weighted by Crippen LogP contribution is 2.37. The van der Waals surface area contributed by atoms with Crippen molar-refractivity contribution in [2.24, 2.45) is 0 Å². The highest BCUT2D eigenvalue weighted by Gasteiger charge is 2.31. The van der Waals surface area contributed by atoms with Gasteiger partial charge in [-0.1, -0.05) is 24.3 Å². The first-order chi connectivity index (χ1) is 9.93. The van der Waals surface area contributed by atoms with E-state index >= 15 is 0 Å². The Morgan fingerprint density at radius 3 is 2.52 bits per heavy atom. The van der Waals surface area contributed by atoms with Gasteiger partial charge >= 0.3 is 0 Å². The van der Waals surface area contributed by atoms with E-state index in [2.05, 4.69) is 69.4 Å². The van der Waals surface area contributed by atoms with Crippen LogP contribution in [0.3, 0.4) is 0 Å². The maximum Gasteiger partial charge on any atom is 0.128 e. The summed E-state index contributed by atoms with van der Waals surface area (Å²) in [6, 6.07) is 13.0. The zero-order valence-electron chi connectivity index (χ0n) is 13.3. The second-order valence-electron chi connectivity index (χ2n) is 6.67. The molecular formula is C19H23NO. The lowest BCUT2D eigenvalue weighted by Gasteiger charge is -2.18. The number of fused-ring (bicyclic) bond motifs is 1. The Kier molecular flexibility index (Phi) is 3.40. The molecule has 110 valence electrons. The average Bonchev–Trinajstić information content (AvgIpc) is 2.69. The van der Waals surface area contributed by atoms with Crippen molar-refractivity contribution < 1.29 is 4.74 Å². The van der Waals surface area contributed by atoms with E-state index in [0.29, 0.717) is 0 Å². The molecule has 2 heteroatoms. The average molecular weight is 281 g/mol. The van der Waals surface area contributed by atoms with E-state index in [0.717, 1.165) is 18.7 Å². The Bertz CT molecular complexity index is 653. The summed E-state index contributed by atoms with van der Waals surface area (Å²) in [7, 11) is 0. The highest BCUT2D eigenvalue weighted by molar-refractivity contribution is 5.51. The van der Waals surface area contributed by atoms with Crippen molar-refractivity contribution in [2.75, 3.05) is 5.32 Å². The Morgan fingerprint density at radius 1 is 1.10 bits per heavy atom. The molecule has 2 nitrogen and oxygen atoms in total. The molecule has 0 saturated heterocycles. The normalized spacial score (nSPS) is 15.4. The van der Waals surface area contributed by atoms with Crippen molar-refractivity contribution in [3.8, 4) is 5.75 Å². The van der Waals surface area contributed by atoms with Crippen LogP contribution in [0.25, 0.3) is 0 Å². The van der Waals surface area contributed by atoms with Crippen LogP contribution in [-0.2, 0) is 13.0 Å². The minimum atomic E-state index is -0.0850. The summed E-state index contributed by atoms with van der Waals surface area (Å²) in [6.07, 6.45) is 0.986. The van der Waals surface area contributed by atoms with Gasteiger partial charge in [0.05, 0.1) is 0 Å². The molecular weight excluding hydrogens is 258 g/mol. The van der Waals surface area contributed by atoms with Gasteiger partial charge in [0.1, 0.15) is 11.4 Å². The monoisotopic (exact) mass is 281 g/mol. The SMILES string of the molecule is Cc1cc(C)cc(NCc2cccc3c2OC(C)(C)C3)c1. The summed E-state index contributed by atoms with van der Waals surface area (Å²) in [5.74, 6) is 1.07. The molecule has 21 heavy (non-hydrogen) atoms. The summed E-state index contributed by atoms with van der Waals surface area (Å²) >= 11 is 0. The number of anilines is 1. The molecule has 1 aliphatic rings. The maximum atomic E-state index is 6.12. The zero-order chi connectivity index (χ0) is 15.0. The third-order valence-electron chi connectivity index (χ3n) is 3.88. The number of hydrogen-bond donors (Lipinski definition) is 1. The minimum absolute atomic E-state index is 0.0850. The fourth-order valence-electron chi connectivity index (χ4n) is 3.09. The second kappa shape index (κ2) is 5.10. The summed E-state index contributed by atoms with van der Waals surface area (Å²) in [6.45, 7) is 9.35.